The van der Waals surface area contributed by atoms with E-state index < -0.39 is 53.1 Å². The fourth-order valence-electron chi connectivity index (χ4n) is 3.10. The summed E-state index contributed by atoms with van der Waals surface area (Å²) >= 11 is 1.30. The first-order valence-electron chi connectivity index (χ1n) is 10.2. The topological polar surface area (TPSA) is 114 Å². The highest BCUT2D eigenvalue weighted by atomic mass is 32.1. The molecule has 1 aliphatic rings. The molecule has 2 atom stereocenters. The Morgan fingerprint density at radius 3 is 2.33 bits per heavy atom. The Labute approximate surface area is 202 Å². The number of nitrogens with zero attached hydrogens (tertiary/aromatic N) is 4. The van der Waals surface area contributed by atoms with Gasteiger partial charge in [-0.1, -0.05) is 5.21 Å². The van der Waals surface area contributed by atoms with Gasteiger partial charge in [0.25, 0.3) is 5.91 Å². The van der Waals surface area contributed by atoms with Crippen molar-refractivity contribution in [3.05, 3.63) is 57.8 Å². The third kappa shape index (κ3) is 6.37. The third-order valence-corrected chi connectivity index (χ3v) is 5.61. The zero-order valence-corrected chi connectivity index (χ0v) is 18.7. The molecule has 0 saturated carbocycles. The molecular weight excluding hydrogens is 518 g/mol. The Balaban J connectivity index is 1.47. The van der Waals surface area contributed by atoms with E-state index in [1.807, 2.05) is 0 Å². The van der Waals surface area contributed by atoms with E-state index >= 15 is 0 Å². The Kier molecular flexibility index (Phi) is 6.99. The lowest BCUT2D eigenvalue weighted by atomic mass is 10.1. The van der Waals surface area contributed by atoms with E-state index in [0.29, 0.717) is 17.8 Å². The first-order chi connectivity index (χ1) is 16.9. The van der Waals surface area contributed by atoms with Gasteiger partial charge in [0, 0.05) is 11.8 Å². The SMILES string of the molecule is O=C(NCc1cn(-c2cc(C(F)(F)F)cc(C(F)(F)F)c2)nn1)C(Cc1cscn1)NC(=O)C1CO1. The molecule has 3 heterocycles. The van der Waals surface area contributed by atoms with Gasteiger partial charge in [-0.3, -0.25) is 9.59 Å². The van der Waals surface area contributed by atoms with Gasteiger partial charge in [0.1, 0.15) is 11.7 Å². The number of halogens is 6. The largest absolute Gasteiger partial charge is 0.416 e. The standard InChI is InChI=1S/C20H16F6N6O3S/c21-19(22,23)10-1-11(20(24,25)26)3-14(2-10)32-6-13(30-31-32)5-27-17(33)15(4-12-8-36-9-28-12)29-18(34)16-7-35-16/h1-3,6,8-9,15-16H,4-5,7H2,(H,27,33)(H,29,34). The van der Waals surface area contributed by atoms with Crippen LogP contribution >= 0.6 is 11.3 Å². The van der Waals surface area contributed by atoms with Crippen molar-refractivity contribution >= 4 is 23.2 Å². The number of nitrogens with one attached hydrogen (secondary N) is 2. The molecule has 2 N–H and O–H groups in total. The number of ether oxygens (including phenoxy) is 1. The van der Waals surface area contributed by atoms with E-state index in [4.69, 9.17) is 4.74 Å². The minimum Gasteiger partial charge on any atom is -0.363 e. The molecule has 4 rings (SSSR count). The molecule has 1 fully saturated rings. The lowest BCUT2D eigenvalue weighted by Gasteiger charge is -2.16. The molecule has 16 heteroatoms. The second kappa shape index (κ2) is 9.85. The van der Waals surface area contributed by atoms with Crippen molar-refractivity contribution in [2.24, 2.45) is 0 Å². The summed E-state index contributed by atoms with van der Waals surface area (Å²) in [7, 11) is 0. The summed E-state index contributed by atoms with van der Waals surface area (Å²) in [5.74, 6) is -1.08. The van der Waals surface area contributed by atoms with E-state index in [1.165, 1.54) is 11.3 Å². The second-order valence-electron chi connectivity index (χ2n) is 7.70. The molecule has 1 aromatic carbocycles. The van der Waals surface area contributed by atoms with Crippen LogP contribution in [-0.4, -0.2) is 50.5 Å². The fraction of sp³-hybridized carbons (Fsp3) is 0.350. The lowest BCUT2D eigenvalue weighted by Crippen LogP contribution is -2.49. The minimum absolute atomic E-state index is 0.00497. The van der Waals surface area contributed by atoms with Crippen molar-refractivity contribution in [1.82, 2.24) is 30.6 Å². The fourth-order valence-corrected chi connectivity index (χ4v) is 3.67. The van der Waals surface area contributed by atoms with Crippen LogP contribution in [0.4, 0.5) is 26.3 Å². The van der Waals surface area contributed by atoms with Crippen LogP contribution in [0.3, 0.4) is 0 Å². The number of amides is 2. The van der Waals surface area contributed by atoms with E-state index in [1.54, 1.807) is 10.9 Å². The molecule has 0 bridgehead atoms. The molecule has 2 unspecified atom stereocenters. The molecule has 0 aliphatic carbocycles. The Morgan fingerprint density at radius 2 is 1.78 bits per heavy atom. The zero-order chi connectivity index (χ0) is 26.1. The van der Waals surface area contributed by atoms with Crippen molar-refractivity contribution in [1.29, 1.82) is 0 Å². The summed E-state index contributed by atoms with van der Waals surface area (Å²) in [6.45, 7) is -0.0150. The predicted molar refractivity (Wildman–Crippen MR) is 111 cm³/mol. The normalized spacial score (nSPS) is 16.4. The van der Waals surface area contributed by atoms with Gasteiger partial charge < -0.3 is 15.4 Å². The number of rotatable bonds is 8. The Hall–Kier alpha value is -3.53. The number of hydrogen-bond donors (Lipinski definition) is 2. The average molecular weight is 534 g/mol. The summed E-state index contributed by atoms with van der Waals surface area (Å²) in [5, 5.41) is 14.1. The first kappa shape index (κ1) is 25.6. The van der Waals surface area contributed by atoms with Crippen molar-refractivity contribution in [2.45, 2.75) is 37.5 Å². The maximum absolute atomic E-state index is 13.1. The lowest BCUT2D eigenvalue weighted by molar-refractivity contribution is -0.143. The Bertz CT molecular complexity index is 1210. The first-order valence-corrected chi connectivity index (χ1v) is 11.1. The van der Waals surface area contributed by atoms with Crippen LogP contribution in [0.1, 0.15) is 22.5 Å². The minimum atomic E-state index is -5.02. The van der Waals surface area contributed by atoms with Crippen molar-refractivity contribution in [3.8, 4) is 5.69 Å². The predicted octanol–water partition coefficient (Wildman–Crippen LogP) is 2.50. The van der Waals surface area contributed by atoms with Crippen LogP contribution in [0.15, 0.2) is 35.3 Å². The maximum Gasteiger partial charge on any atom is 0.416 e. The van der Waals surface area contributed by atoms with Gasteiger partial charge in [-0.15, -0.1) is 16.4 Å². The number of benzene rings is 1. The third-order valence-electron chi connectivity index (χ3n) is 4.98. The Morgan fingerprint density at radius 1 is 1.11 bits per heavy atom. The van der Waals surface area contributed by atoms with Gasteiger partial charge in [0.05, 0.1) is 47.4 Å². The summed E-state index contributed by atoms with van der Waals surface area (Å²) < 4.78 is 84.4. The molecule has 0 radical (unpaired) electrons. The number of epoxide rings is 1. The molecule has 3 aromatic rings. The molecule has 1 saturated heterocycles. The van der Waals surface area contributed by atoms with E-state index in [0.717, 1.165) is 10.9 Å². The van der Waals surface area contributed by atoms with Crippen LogP contribution in [0.25, 0.3) is 5.69 Å². The summed E-state index contributed by atoms with van der Waals surface area (Å²) in [6.07, 6.45) is -9.50. The van der Waals surface area contributed by atoms with Gasteiger partial charge in [0.2, 0.25) is 5.91 Å². The summed E-state index contributed by atoms with van der Waals surface area (Å²) in [6, 6.07) is 0.0131. The molecule has 2 amide bonds. The van der Waals surface area contributed by atoms with Crippen LogP contribution in [-0.2, 0) is 39.6 Å². The molecule has 1 aliphatic heterocycles. The average Bonchev–Trinajstić information content (AvgIpc) is 3.33. The smallest absolute Gasteiger partial charge is 0.363 e. The highest BCUT2D eigenvalue weighted by Gasteiger charge is 2.37. The molecule has 9 nitrogen and oxygen atoms in total. The van der Waals surface area contributed by atoms with Crippen molar-refractivity contribution in [3.63, 3.8) is 0 Å². The van der Waals surface area contributed by atoms with Crippen LogP contribution in [0.2, 0.25) is 0 Å². The number of aromatic nitrogens is 4. The number of alkyl halides is 6. The van der Waals surface area contributed by atoms with E-state index in [-0.39, 0.29) is 31.3 Å². The highest BCUT2D eigenvalue weighted by molar-refractivity contribution is 7.07. The molecular formula is C20H16F6N6O3S. The van der Waals surface area contributed by atoms with Crippen molar-refractivity contribution < 1.29 is 40.7 Å². The molecule has 0 spiro atoms. The van der Waals surface area contributed by atoms with Gasteiger partial charge >= 0.3 is 12.4 Å². The van der Waals surface area contributed by atoms with Gasteiger partial charge in [0.15, 0.2) is 6.10 Å². The highest BCUT2D eigenvalue weighted by Crippen LogP contribution is 2.37. The van der Waals surface area contributed by atoms with Gasteiger partial charge in [-0.2, -0.15) is 26.3 Å². The van der Waals surface area contributed by atoms with Gasteiger partial charge in [-0.25, -0.2) is 9.67 Å². The van der Waals surface area contributed by atoms with E-state index in [2.05, 4.69) is 25.9 Å². The maximum atomic E-state index is 13.1. The van der Waals surface area contributed by atoms with Crippen LogP contribution in [0.5, 0.6) is 0 Å². The van der Waals surface area contributed by atoms with Crippen molar-refractivity contribution in [2.75, 3.05) is 6.61 Å². The van der Waals surface area contributed by atoms with Gasteiger partial charge in [-0.05, 0) is 18.2 Å². The quantitative estimate of drug-likeness (QED) is 0.339. The summed E-state index contributed by atoms with van der Waals surface area (Å²) in [5.41, 5.74) is -1.34. The van der Waals surface area contributed by atoms with E-state index in [9.17, 15) is 35.9 Å². The number of hydrogen-bond acceptors (Lipinski definition) is 7. The molecule has 2 aromatic heterocycles. The molecule has 36 heavy (non-hydrogen) atoms. The summed E-state index contributed by atoms with van der Waals surface area (Å²) in [4.78, 5) is 28.9. The molecule has 192 valence electrons. The van der Waals surface area contributed by atoms with Crippen LogP contribution in [0, 0.1) is 0 Å². The van der Waals surface area contributed by atoms with Crippen LogP contribution < -0.4 is 10.6 Å². The number of carbonyl (C=O) groups excluding carboxylic acids is 2. The second-order valence-corrected chi connectivity index (χ2v) is 8.42. The zero-order valence-electron chi connectivity index (χ0n) is 17.9. The number of carbonyl (C=O) groups is 2. The monoisotopic (exact) mass is 534 g/mol. The number of thiazole rings is 1.